The van der Waals surface area contributed by atoms with Crippen LogP contribution in [0.5, 0.6) is 0 Å². The van der Waals surface area contributed by atoms with Gasteiger partial charge in [-0.15, -0.1) is 0 Å². The van der Waals surface area contributed by atoms with E-state index in [0.29, 0.717) is 5.41 Å². The average Bonchev–Trinajstić information content (AvgIpc) is 2.58. The van der Waals surface area contributed by atoms with E-state index in [1.807, 2.05) is 18.0 Å². The van der Waals surface area contributed by atoms with Crippen molar-refractivity contribution in [3.63, 3.8) is 0 Å². The maximum atomic E-state index is 4.18. The SMILES string of the molecule is CC(C)(C)CSCCc1[nH]ncc1C(C)(C)C. The van der Waals surface area contributed by atoms with Gasteiger partial charge in [0.25, 0.3) is 0 Å². The molecule has 0 aliphatic rings. The molecule has 1 rings (SSSR count). The maximum absolute atomic E-state index is 4.18. The summed E-state index contributed by atoms with van der Waals surface area (Å²) in [6, 6.07) is 0. The summed E-state index contributed by atoms with van der Waals surface area (Å²) in [6.07, 6.45) is 3.07. The molecule has 0 aliphatic heterocycles. The largest absolute Gasteiger partial charge is 0.282 e. The Kier molecular flexibility index (Phi) is 4.70. The van der Waals surface area contributed by atoms with Gasteiger partial charge >= 0.3 is 0 Å². The fourth-order valence-electron chi connectivity index (χ4n) is 1.70. The van der Waals surface area contributed by atoms with Crippen LogP contribution in [0.2, 0.25) is 0 Å². The topological polar surface area (TPSA) is 28.7 Å². The number of aromatic amines is 1. The Morgan fingerprint density at radius 3 is 2.35 bits per heavy atom. The van der Waals surface area contributed by atoms with Gasteiger partial charge in [-0.25, -0.2) is 0 Å². The lowest BCUT2D eigenvalue weighted by Gasteiger charge is -2.19. The molecule has 2 nitrogen and oxygen atoms in total. The van der Waals surface area contributed by atoms with Crippen LogP contribution in [0, 0.1) is 5.41 Å². The van der Waals surface area contributed by atoms with Crippen LogP contribution in [0.4, 0.5) is 0 Å². The molecule has 0 aliphatic carbocycles. The molecule has 3 heteroatoms. The van der Waals surface area contributed by atoms with E-state index in [1.54, 1.807) is 0 Å². The van der Waals surface area contributed by atoms with Crippen LogP contribution in [0.3, 0.4) is 0 Å². The summed E-state index contributed by atoms with van der Waals surface area (Å²) in [6.45, 7) is 13.6. The zero-order chi connectivity index (χ0) is 13.1. The lowest BCUT2D eigenvalue weighted by molar-refractivity contribution is 0.480. The summed E-state index contributed by atoms with van der Waals surface area (Å²) in [4.78, 5) is 0. The molecule has 0 saturated heterocycles. The van der Waals surface area contributed by atoms with Gasteiger partial charge in [0.2, 0.25) is 0 Å². The van der Waals surface area contributed by atoms with E-state index >= 15 is 0 Å². The molecular weight excluding hydrogens is 228 g/mol. The Morgan fingerprint density at radius 2 is 1.82 bits per heavy atom. The van der Waals surface area contributed by atoms with Gasteiger partial charge in [0.05, 0.1) is 6.20 Å². The van der Waals surface area contributed by atoms with E-state index in [0.717, 1.165) is 6.42 Å². The summed E-state index contributed by atoms with van der Waals surface area (Å²) in [5, 5.41) is 7.33. The van der Waals surface area contributed by atoms with Crippen molar-refractivity contribution in [3.8, 4) is 0 Å². The number of thioether (sulfide) groups is 1. The zero-order valence-electron chi connectivity index (χ0n) is 12.1. The normalized spacial score (nSPS) is 13.1. The number of nitrogens with zero attached hydrogens (tertiary/aromatic N) is 1. The Hall–Kier alpha value is -0.440. The van der Waals surface area contributed by atoms with Gasteiger partial charge in [-0.05, 0) is 34.3 Å². The van der Waals surface area contributed by atoms with Gasteiger partial charge in [0, 0.05) is 5.69 Å². The van der Waals surface area contributed by atoms with Crippen LogP contribution in [-0.4, -0.2) is 21.7 Å². The second-order valence-electron chi connectivity index (χ2n) is 6.88. The van der Waals surface area contributed by atoms with Crippen LogP contribution in [0.15, 0.2) is 6.20 Å². The molecule has 0 bridgehead atoms. The first-order chi connectivity index (χ1) is 7.70. The van der Waals surface area contributed by atoms with E-state index in [-0.39, 0.29) is 5.41 Å². The summed E-state index contributed by atoms with van der Waals surface area (Å²) >= 11 is 2.03. The van der Waals surface area contributed by atoms with Crippen molar-refractivity contribution >= 4 is 11.8 Å². The third-order valence-corrected chi connectivity index (χ3v) is 4.12. The smallest absolute Gasteiger partial charge is 0.0527 e. The van der Waals surface area contributed by atoms with E-state index in [9.17, 15) is 0 Å². The van der Waals surface area contributed by atoms with Gasteiger partial charge in [-0.1, -0.05) is 41.5 Å². The zero-order valence-corrected chi connectivity index (χ0v) is 12.9. The first-order valence-electron chi connectivity index (χ1n) is 6.30. The highest BCUT2D eigenvalue weighted by molar-refractivity contribution is 7.99. The van der Waals surface area contributed by atoms with Gasteiger partial charge in [0.1, 0.15) is 0 Å². The monoisotopic (exact) mass is 254 g/mol. The van der Waals surface area contributed by atoms with Crippen molar-refractivity contribution < 1.29 is 0 Å². The number of H-pyrrole nitrogens is 1. The summed E-state index contributed by atoms with van der Waals surface area (Å²) in [7, 11) is 0. The molecule has 0 atom stereocenters. The maximum Gasteiger partial charge on any atom is 0.0527 e. The number of hydrogen-bond acceptors (Lipinski definition) is 2. The predicted octanol–water partition coefficient (Wildman–Crippen LogP) is 4.03. The quantitative estimate of drug-likeness (QED) is 0.822. The standard InChI is InChI=1S/C14H26N2S/c1-13(2,3)10-17-8-7-12-11(9-15-16-12)14(4,5)6/h9H,7-8,10H2,1-6H3,(H,15,16). The van der Waals surface area contributed by atoms with Crippen molar-refractivity contribution in [3.05, 3.63) is 17.5 Å². The van der Waals surface area contributed by atoms with Crippen molar-refractivity contribution in [2.24, 2.45) is 5.41 Å². The van der Waals surface area contributed by atoms with Crippen LogP contribution < -0.4 is 0 Å². The molecule has 98 valence electrons. The Morgan fingerprint density at radius 1 is 1.18 bits per heavy atom. The number of aromatic nitrogens is 2. The van der Waals surface area contributed by atoms with Gasteiger partial charge in [0.15, 0.2) is 0 Å². The van der Waals surface area contributed by atoms with Crippen molar-refractivity contribution in [2.45, 2.75) is 53.4 Å². The fraction of sp³-hybridized carbons (Fsp3) is 0.786. The van der Waals surface area contributed by atoms with E-state index in [2.05, 4.69) is 51.7 Å². The molecule has 0 unspecified atom stereocenters. The summed E-state index contributed by atoms with van der Waals surface area (Å²) in [5.74, 6) is 2.38. The Balaban J connectivity index is 2.45. The lowest BCUT2D eigenvalue weighted by atomic mass is 9.87. The van der Waals surface area contributed by atoms with Gasteiger partial charge < -0.3 is 0 Å². The highest BCUT2D eigenvalue weighted by Crippen LogP contribution is 2.26. The molecular formula is C14H26N2S. The number of aryl methyl sites for hydroxylation is 1. The third kappa shape index (κ3) is 5.15. The minimum Gasteiger partial charge on any atom is -0.282 e. The van der Waals surface area contributed by atoms with Crippen molar-refractivity contribution in [2.75, 3.05) is 11.5 Å². The molecule has 17 heavy (non-hydrogen) atoms. The van der Waals surface area contributed by atoms with Crippen LogP contribution in [0.1, 0.15) is 52.8 Å². The Labute approximate surface area is 110 Å². The van der Waals surface area contributed by atoms with Crippen LogP contribution >= 0.6 is 11.8 Å². The molecule has 0 saturated carbocycles. The molecule has 0 radical (unpaired) electrons. The first-order valence-corrected chi connectivity index (χ1v) is 7.46. The lowest BCUT2D eigenvalue weighted by Crippen LogP contribution is -2.14. The molecule has 1 N–H and O–H groups in total. The number of nitrogens with one attached hydrogen (secondary N) is 1. The number of rotatable bonds is 4. The first kappa shape index (κ1) is 14.6. The average molecular weight is 254 g/mol. The minimum absolute atomic E-state index is 0.191. The number of hydrogen-bond donors (Lipinski definition) is 1. The molecule has 0 amide bonds. The molecule has 1 aromatic rings. The van der Waals surface area contributed by atoms with Crippen LogP contribution in [-0.2, 0) is 11.8 Å². The Bertz CT molecular complexity index is 342. The van der Waals surface area contributed by atoms with Crippen molar-refractivity contribution in [1.82, 2.24) is 10.2 Å². The highest BCUT2D eigenvalue weighted by Gasteiger charge is 2.19. The molecule has 0 aromatic carbocycles. The molecule has 1 heterocycles. The predicted molar refractivity (Wildman–Crippen MR) is 77.8 cm³/mol. The van der Waals surface area contributed by atoms with Crippen molar-refractivity contribution in [1.29, 1.82) is 0 Å². The molecule has 1 aromatic heterocycles. The summed E-state index contributed by atoms with van der Waals surface area (Å²) < 4.78 is 0. The van der Waals surface area contributed by atoms with E-state index < -0.39 is 0 Å². The second-order valence-corrected chi connectivity index (χ2v) is 7.98. The third-order valence-electron chi connectivity index (χ3n) is 2.56. The van der Waals surface area contributed by atoms with Gasteiger partial charge in [-0.3, -0.25) is 5.10 Å². The molecule has 0 spiro atoms. The highest BCUT2D eigenvalue weighted by atomic mass is 32.2. The van der Waals surface area contributed by atoms with E-state index in [1.165, 1.54) is 22.8 Å². The van der Waals surface area contributed by atoms with Crippen LogP contribution in [0.25, 0.3) is 0 Å². The van der Waals surface area contributed by atoms with Gasteiger partial charge in [-0.2, -0.15) is 16.9 Å². The second kappa shape index (κ2) is 5.47. The molecule has 0 fully saturated rings. The summed E-state index contributed by atoms with van der Waals surface area (Å²) in [5.41, 5.74) is 3.27. The minimum atomic E-state index is 0.191. The fourth-order valence-corrected chi connectivity index (χ4v) is 2.81. The van der Waals surface area contributed by atoms with E-state index in [4.69, 9.17) is 0 Å².